The maximum atomic E-state index is 11.9. The summed E-state index contributed by atoms with van der Waals surface area (Å²) >= 11 is 0. The highest BCUT2D eigenvalue weighted by Gasteiger charge is 2.14. The maximum Gasteiger partial charge on any atom is 0.335 e. The number of carboxylic acid groups (broad SMARTS) is 1. The second-order valence-electron chi connectivity index (χ2n) is 10.0. The molecule has 0 bridgehead atoms. The lowest BCUT2D eigenvalue weighted by Crippen LogP contribution is -2.33. The van der Waals surface area contributed by atoms with Gasteiger partial charge in [0.2, 0.25) is 0 Å². The first kappa shape index (κ1) is 28.0. The summed E-state index contributed by atoms with van der Waals surface area (Å²) in [6, 6.07) is 6.00. The Morgan fingerprint density at radius 3 is 1.29 bits per heavy atom. The van der Waals surface area contributed by atoms with Crippen LogP contribution in [0, 0.1) is 0 Å². The Kier molecular flexibility index (Phi) is 13.6. The van der Waals surface area contributed by atoms with Gasteiger partial charge in [0.1, 0.15) is 0 Å². The van der Waals surface area contributed by atoms with E-state index in [9.17, 15) is 9.90 Å². The second-order valence-corrected chi connectivity index (χ2v) is 10.0. The van der Waals surface area contributed by atoms with Crippen LogP contribution in [-0.2, 0) is 13.1 Å². The summed E-state index contributed by atoms with van der Waals surface area (Å²) in [4.78, 5) is 16.9. The van der Waals surface area contributed by atoms with Crippen LogP contribution >= 0.6 is 0 Å². The zero-order valence-corrected chi connectivity index (χ0v) is 21.6. The van der Waals surface area contributed by atoms with Crippen molar-refractivity contribution in [2.24, 2.45) is 0 Å². The Hall–Kier alpha value is -1.55. The molecule has 0 amide bonds. The molecule has 0 unspecified atom stereocenters. The SMILES string of the molecule is O=C(O)c1cc(CN2CCCNCCCNCCC2)cc(CN2CCCNCCCNCCC2)c1. The van der Waals surface area contributed by atoms with Gasteiger partial charge in [0.25, 0.3) is 0 Å². The van der Waals surface area contributed by atoms with Gasteiger partial charge in [-0.3, -0.25) is 9.80 Å². The largest absolute Gasteiger partial charge is 0.478 e. The fraction of sp³-hybridized carbons (Fsp3) is 0.741. The molecule has 35 heavy (non-hydrogen) atoms. The van der Waals surface area contributed by atoms with Crippen LogP contribution in [0.25, 0.3) is 0 Å². The lowest BCUT2D eigenvalue weighted by molar-refractivity contribution is 0.0696. The van der Waals surface area contributed by atoms with Crippen molar-refractivity contribution < 1.29 is 9.90 Å². The molecule has 8 nitrogen and oxygen atoms in total. The molecule has 2 fully saturated rings. The Balaban J connectivity index is 1.65. The molecule has 5 N–H and O–H groups in total. The van der Waals surface area contributed by atoms with Crippen molar-refractivity contribution >= 4 is 5.97 Å². The van der Waals surface area contributed by atoms with E-state index in [1.54, 1.807) is 0 Å². The van der Waals surface area contributed by atoms with Gasteiger partial charge < -0.3 is 26.4 Å². The molecule has 0 atom stereocenters. The van der Waals surface area contributed by atoms with Gasteiger partial charge in [-0.25, -0.2) is 4.79 Å². The summed E-state index contributed by atoms with van der Waals surface area (Å²) in [5.41, 5.74) is 2.64. The number of hydrogen-bond donors (Lipinski definition) is 5. The Morgan fingerprint density at radius 2 is 0.943 bits per heavy atom. The molecule has 2 aliphatic rings. The van der Waals surface area contributed by atoms with Gasteiger partial charge in [-0.2, -0.15) is 0 Å². The molecule has 2 aliphatic heterocycles. The average Bonchev–Trinajstić information content (AvgIpc) is 2.82. The van der Waals surface area contributed by atoms with Crippen molar-refractivity contribution in [1.82, 2.24) is 31.1 Å². The quantitative estimate of drug-likeness (QED) is 0.428. The van der Waals surface area contributed by atoms with Crippen LogP contribution in [0.15, 0.2) is 18.2 Å². The number of nitrogens with zero attached hydrogens (tertiary/aromatic N) is 2. The molecule has 2 saturated heterocycles. The number of nitrogens with one attached hydrogen (secondary N) is 4. The molecule has 3 rings (SSSR count). The summed E-state index contributed by atoms with van der Waals surface area (Å²) in [6.45, 7) is 14.2. The zero-order chi connectivity index (χ0) is 24.6. The van der Waals surface area contributed by atoms with Crippen LogP contribution in [0.2, 0.25) is 0 Å². The molecule has 0 saturated carbocycles. The van der Waals surface area contributed by atoms with Crippen molar-refractivity contribution in [2.75, 3.05) is 78.5 Å². The molecule has 2 heterocycles. The van der Waals surface area contributed by atoms with Crippen LogP contribution in [0.3, 0.4) is 0 Å². The van der Waals surface area contributed by atoms with E-state index in [1.807, 2.05) is 12.1 Å². The summed E-state index contributed by atoms with van der Waals surface area (Å²) in [6.07, 6.45) is 6.84. The standard InChI is InChI=1S/C27H48N6O2/c34-27(35)26-20-24(22-32-15-3-11-28-7-1-8-29-12-4-16-32)19-25(21-26)23-33-17-5-13-30-9-2-10-31-14-6-18-33/h19-21,28-31H,1-18,22-23H2,(H,34,35). The van der Waals surface area contributed by atoms with Crippen LogP contribution in [-0.4, -0.2) is 99.4 Å². The third kappa shape index (κ3) is 11.8. The van der Waals surface area contributed by atoms with E-state index in [-0.39, 0.29) is 0 Å². The average molecular weight is 489 g/mol. The van der Waals surface area contributed by atoms with Gasteiger partial charge in [-0.05, 0) is 140 Å². The topological polar surface area (TPSA) is 91.9 Å². The molecule has 0 aromatic heterocycles. The molecule has 1 aromatic carbocycles. The highest BCUT2D eigenvalue weighted by molar-refractivity contribution is 5.88. The molecular formula is C27H48N6O2. The first-order valence-electron chi connectivity index (χ1n) is 13.8. The van der Waals surface area contributed by atoms with Crippen LogP contribution in [0.4, 0.5) is 0 Å². The van der Waals surface area contributed by atoms with Crippen molar-refractivity contribution in [3.8, 4) is 0 Å². The molecule has 0 aliphatic carbocycles. The van der Waals surface area contributed by atoms with E-state index < -0.39 is 5.97 Å². The maximum absolute atomic E-state index is 11.9. The number of benzene rings is 1. The Bertz CT molecular complexity index is 657. The molecule has 8 heteroatoms. The molecule has 198 valence electrons. The number of hydrogen-bond acceptors (Lipinski definition) is 7. The number of aromatic carboxylic acids is 1. The minimum atomic E-state index is -0.836. The number of carboxylic acids is 1. The van der Waals surface area contributed by atoms with E-state index in [0.29, 0.717) is 5.56 Å². The minimum Gasteiger partial charge on any atom is -0.478 e. The predicted octanol–water partition coefficient (Wildman–Crippen LogP) is 1.72. The van der Waals surface area contributed by atoms with E-state index in [2.05, 4.69) is 37.1 Å². The van der Waals surface area contributed by atoms with E-state index in [1.165, 1.54) is 12.8 Å². The Labute approximate surface area is 212 Å². The highest BCUT2D eigenvalue weighted by atomic mass is 16.4. The van der Waals surface area contributed by atoms with Gasteiger partial charge in [-0.15, -0.1) is 0 Å². The summed E-state index contributed by atoms with van der Waals surface area (Å²) < 4.78 is 0. The lowest BCUT2D eigenvalue weighted by Gasteiger charge is -2.25. The van der Waals surface area contributed by atoms with Crippen molar-refractivity contribution in [3.05, 3.63) is 34.9 Å². The normalized spacial score (nSPS) is 21.7. The second kappa shape index (κ2) is 17.0. The zero-order valence-electron chi connectivity index (χ0n) is 21.6. The smallest absolute Gasteiger partial charge is 0.335 e. The summed E-state index contributed by atoms with van der Waals surface area (Å²) in [5.74, 6) is -0.836. The predicted molar refractivity (Wildman–Crippen MR) is 143 cm³/mol. The van der Waals surface area contributed by atoms with E-state index in [0.717, 1.165) is 128 Å². The minimum absolute atomic E-state index is 0.410. The van der Waals surface area contributed by atoms with Gasteiger partial charge in [-0.1, -0.05) is 6.07 Å². The fourth-order valence-electron chi connectivity index (χ4n) is 5.01. The van der Waals surface area contributed by atoms with E-state index >= 15 is 0 Å². The first-order chi connectivity index (χ1) is 17.2. The van der Waals surface area contributed by atoms with Crippen molar-refractivity contribution in [1.29, 1.82) is 0 Å². The number of carbonyl (C=O) groups is 1. The molecule has 1 aromatic rings. The Morgan fingerprint density at radius 1 is 0.600 bits per heavy atom. The van der Waals surface area contributed by atoms with Gasteiger partial charge in [0.15, 0.2) is 0 Å². The number of rotatable bonds is 5. The lowest BCUT2D eigenvalue weighted by atomic mass is 10.0. The molecule has 0 radical (unpaired) electrons. The van der Waals surface area contributed by atoms with E-state index in [4.69, 9.17) is 0 Å². The van der Waals surface area contributed by atoms with Gasteiger partial charge in [0, 0.05) is 13.1 Å². The third-order valence-corrected chi connectivity index (χ3v) is 6.84. The van der Waals surface area contributed by atoms with Gasteiger partial charge >= 0.3 is 5.97 Å². The molecular weight excluding hydrogens is 440 g/mol. The summed E-state index contributed by atoms with van der Waals surface area (Å²) in [7, 11) is 0. The monoisotopic (exact) mass is 488 g/mol. The van der Waals surface area contributed by atoms with Crippen molar-refractivity contribution in [2.45, 2.75) is 51.6 Å². The van der Waals surface area contributed by atoms with Gasteiger partial charge in [0.05, 0.1) is 5.56 Å². The van der Waals surface area contributed by atoms with Crippen LogP contribution in [0.5, 0.6) is 0 Å². The van der Waals surface area contributed by atoms with Crippen molar-refractivity contribution in [3.63, 3.8) is 0 Å². The molecule has 0 spiro atoms. The summed E-state index contributed by atoms with van der Waals surface area (Å²) in [5, 5.41) is 23.9. The first-order valence-corrected chi connectivity index (χ1v) is 13.8. The third-order valence-electron chi connectivity index (χ3n) is 6.84. The van der Waals surface area contributed by atoms with Crippen LogP contribution in [0.1, 0.15) is 60.0 Å². The fourth-order valence-corrected chi connectivity index (χ4v) is 5.01. The van der Waals surface area contributed by atoms with Crippen LogP contribution < -0.4 is 21.3 Å². The highest BCUT2D eigenvalue weighted by Crippen LogP contribution is 2.16.